The molecule has 2 aromatic carbocycles. The van der Waals surface area contributed by atoms with Crippen LogP contribution in [0.4, 0.5) is 5.69 Å². The van der Waals surface area contributed by atoms with Crippen LogP contribution < -0.4 is 5.32 Å². The van der Waals surface area contributed by atoms with Crippen molar-refractivity contribution >= 4 is 22.9 Å². The van der Waals surface area contributed by atoms with Crippen LogP contribution in [0.15, 0.2) is 42.5 Å². The van der Waals surface area contributed by atoms with Crippen molar-refractivity contribution in [3.8, 4) is 5.75 Å². The van der Waals surface area contributed by atoms with Crippen LogP contribution in [0.3, 0.4) is 0 Å². The topological polar surface area (TPSA) is 32.3 Å². The molecule has 0 unspecified atom stereocenters. The third kappa shape index (κ3) is 3.86. The van der Waals surface area contributed by atoms with Crippen molar-refractivity contribution < 1.29 is 5.11 Å². The molecule has 2 nitrogen and oxygen atoms in total. The van der Waals surface area contributed by atoms with Crippen LogP contribution in [0.1, 0.15) is 44.4 Å². The van der Waals surface area contributed by atoms with Gasteiger partial charge in [0.05, 0.1) is 5.56 Å². The monoisotopic (exact) mass is 313 g/mol. The molecule has 0 heterocycles. The van der Waals surface area contributed by atoms with Gasteiger partial charge in [0.15, 0.2) is 0 Å². The van der Waals surface area contributed by atoms with E-state index in [2.05, 4.69) is 45.1 Å². The average Bonchev–Trinajstić information content (AvgIpc) is 2.47. The molecule has 2 rings (SSSR count). The van der Waals surface area contributed by atoms with Gasteiger partial charge < -0.3 is 10.4 Å². The summed E-state index contributed by atoms with van der Waals surface area (Å²) >= 11 is 5.46. The van der Waals surface area contributed by atoms with Crippen molar-refractivity contribution in [3.63, 3.8) is 0 Å². The number of aryl methyl sites for hydroxylation is 1. The summed E-state index contributed by atoms with van der Waals surface area (Å²) in [6.45, 7) is 8.55. The van der Waals surface area contributed by atoms with E-state index in [1.165, 1.54) is 5.56 Å². The SMILES string of the molecule is CCc1ccc(NC(=S)c2cc(C(C)(C)C)ccc2O)cc1. The predicted octanol–water partition coefficient (Wildman–Crippen LogP) is 5.04. The number of aromatic hydroxyl groups is 1. The number of hydrogen-bond acceptors (Lipinski definition) is 2. The molecule has 2 N–H and O–H groups in total. The van der Waals surface area contributed by atoms with Crippen LogP contribution >= 0.6 is 12.2 Å². The Balaban J connectivity index is 2.25. The van der Waals surface area contributed by atoms with Gasteiger partial charge in [-0.15, -0.1) is 0 Å². The van der Waals surface area contributed by atoms with Crippen molar-refractivity contribution in [1.82, 2.24) is 0 Å². The number of hydrogen-bond donors (Lipinski definition) is 2. The van der Waals surface area contributed by atoms with E-state index >= 15 is 0 Å². The zero-order valence-corrected chi connectivity index (χ0v) is 14.4. The summed E-state index contributed by atoms with van der Waals surface area (Å²) in [6, 6.07) is 13.8. The molecule has 0 aliphatic rings. The number of rotatable bonds is 3. The van der Waals surface area contributed by atoms with Gasteiger partial charge in [0.25, 0.3) is 0 Å². The lowest BCUT2D eigenvalue weighted by molar-refractivity contribution is 0.473. The number of anilines is 1. The van der Waals surface area contributed by atoms with Gasteiger partial charge in [0.1, 0.15) is 10.7 Å². The molecule has 3 heteroatoms. The Morgan fingerprint density at radius 2 is 1.73 bits per heavy atom. The number of benzene rings is 2. The van der Waals surface area contributed by atoms with E-state index in [0.717, 1.165) is 17.7 Å². The molecule has 0 bridgehead atoms. The first-order chi connectivity index (χ1) is 10.3. The molecule has 0 aromatic heterocycles. The Labute approximate surface area is 138 Å². The van der Waals surface area contributed by atoms with Crippen LogP contribution in [0.25, 0.3) is 0 Å². The first-order valence-corrected chi connectivity index (χ1v) is 7.96. The minimum absolute atomic E-state index is 0.0147. The summed E-state index contributed by atoms with van der Waals surface area (Å²) in [7, 11) is 0. The molecule has 2 aromatic rings. The normalized spacial score (nSPS) is 11.3. The van der Waals surface area contributed by atoms with E-state index in [9.17, 15) is 5.11 Å². The molecule has 0 spiro atoms. The van der Waals surface area contributed by atoms with Gasteiger partial charge in [-0.3, -0.25) is 0 Å². The lowest BCUT2D eigenvalue weighted by Gasteiger charge is -2.20. The standard InChI is InChI=1S/C19H23NOS/c1-5-13-6-9-15(10-7-13)20-18(22)16-12-14(19(2,3)4)8-11-17(16)21/h6-12,21H,5H2,1-4H3,(H,20,22). The minimum atomic E-state index is 0.0147. The Bertz CT molecular complexity index is 669. The zero-order valence-electron chi connectivity index (χ0n) is 13.6. The minimum Gasteiger partial charge on any atom is -0.507 e. The summed E-state index contributed by atoms with van der Waals surface area (Å²) in [4.78, 5) is 0.535. The van der Waals surface area contributed by atoms with Gasteiger partial charge in [0, 0.05) is 5.69 Å². The second kappa shape index (κ2) is 6.49. The van der Waals surface area contributed by atoms with Gasteiger partial charge >= 0.3 is 0 Å². The molecule has 0 saturated carbocycles. The van der Waals surface area contributed by atoms with Crippen LogP contribution in [-0.4, -0.2) is 10.1 Å². The quantitative estimate of drug-likeness (QED) is 0.779. The van der Waals surface area contributed by atoms with E-state index in [1.54, 1.807) is 6.07 Å². The lowest BCUT2D eigenvalue weighted by Crippen LogP contribution is -2.15. The molecule has 0 aliphatic heterocycles. The van der Waals surface area contributed by atoms with Crippen molar-refractivity contribution in [3.05, 3.63) is 59.2 Å². The molecular weight excluding hydrogens is 290 g/mol. The second-order valence-electron chi connectivity index (χ2n) is 6.49. The summed E-state index contributed by atoms with van der Waals surface area (Å²) in [5.74, 6) is 0.204. The van der Waals surface area contributed by atoms with Gasteiger partial charge in [-0.2, -0.15) is 0 Å². The average molecular weight is 313 g/mol. The van der Waals surface area contributed by atoms with Crippen LogP contribution in [0, 0.1) is 0 Å². The Hall–Kier alpha value is -1.87. The zero-order chi connectivity index (χ0) is 16.3. The van der Waals surface area contributed by atoms with E-state index in [0.29, 0.717) is 10.6 Å². The summed E-state index contributed by atoms with van der Waals surface area (Å²) < 4.78 is 0. The van der Waals surface area contributed by atoms with Gasteiger partial charge in [-0.05, 0) is 47.2 Å². The fourth-order valence-electron chi connectivity index (χ4n) is 2.21. The molecule has 116 valence electrons. The molecule has 0 saturated heterocycles. The molecule has 22 heavy (non-hydrogen) atoms. The number of phenolic OH excluding ortho intramolecular Hbond substituents is 1. The fourth-order valence-corrected chi connectivity index (χ4v) is 2.49. The smallest absolute Gasteiger partial charge is 0.125 e. The predicted molar refractivity (Wildman–Crippen MR) is 97.9 cm³/mol. The largest absolute Gasteiger partial charge is 0.507 e. The maximum atomic E-state index is 10.1. The summed E-state index contributed by atoms with van der Waals surface area (Å²) in [5, 5.41) is 13.3. The van der Waals surface area contributed by atoms with Gasteiger partial charge in [-0.1, -0.05) is 58.1 Å². The van der Waals surface area contributed by atoms with Crippen molar-refractivity contribution in [2.24, 2.45) is 0 Å². The highest BCUT2D eigenvalue weighted by Crippen LogP contribution is 2.28. The number of nitrogens with one attached hydrogen (secondary N) is 1. The van der Waals surface area contributed by atoms with E-state index in [1.807, 2.05) is 24.3 Å². The highest BCUT2D eigenvalue weighted by Gasteiger charge is 2.17. The summed E-state index contributed by atoms with van der Waals surface area (Å²) in [5.41, 5.74) is 4.05. The maximum absolute atomic E-state index is 10.1. The first kappa shape index (κ1) is 16.5. The second-order valence-corrected chi connectivity index (χ2v) is 6.89. The number of phenols is 1. The number of thiocarbonyl (C=S) groups is 1. The van der Waals surface area contributed by atoms with E-state index in [-0.39, 0.29) is 11.2 Å². The third-order valence-corrected chi connectivity index (χ3v) is 4.05. The molecule has 0 amide bonds. The van der Waals surface area contributed by atoms with Crippen LogP contribution in [-0.2, 0) is 11.8 Å². The van der Waals surface area contributed by atoms with E-state index in [4.69, 9.17) is 12.2 Å². The van der Waals surface area contributed by atoms with E-state index < -0.39 is 0 Å². The summed E-state index contributed by atoms with van der Waals surface area (Å²) in [6.07, 6.45) is 1.01. The highest BCUT2D eigenvalue weighted by molar-refractivity contribution is 7.81. The Morgan fingerprint density at radius 1 is 1.09 bits per heavy atom. The van der Waals surface area contributed by atoms with Gasteiger partial charge in [0.2, 0.25) is 0 Å². The van der Waals surface area contributed by atoms with Crippen molar-refractivity contribution in [2.75, 3.05) is 5.32 Å². The Morgan fingerprint density at radius 3 is 2.27 bits per heavy atom. The highest BCUT2D eigenvalue weighted by atomic mass is 32.1. The van der Waals surface area contributed by atoms with Crippen LogP contribution in [0.2, 0.25) is 0 Å². The molecule has 0 aliphatic carbocycles. The van der Waals surface area contributed by atoms with Crippen LogP contribution in [0.5, 0.6) is 5.75 Å². The molecule has 0 fully saturated rings. The third-order valence-electron chi connectivity index (χ3n) is 3.73. The first-order valence-electron chi connectivity index (χ1n) is 7.55. The van der Waals surface area contributed by atoms with Crippen molar-refractivity contribution in [2.45, 2.75) is 39.5 Å². The Kier molecular flexibility index (Phi) is 4.87. The molecule has 0 atom stereocenters. The van der Waals surface area contributed by atoms with Gasteiger partial charge in [-0.25, -0.2) is 0 Å². The van der Waals surface area contributed by atoms with Crippen molar-refractivity contribution in [1.29, 1.82) is 0 Å². The molecule has 0 radical (unpaired) electrons. The molecular formula is C19H23NOS. The maximum Gasteiger partial charge on any atom is 0.125 e. The fraction of sp³-hybridized carbons (Fsp3) is 0.316. The lowest BCUT2D eigenvalue weighted by atomic mass is 9.86.